The van der Waals surface area contributed by atoms with E-state index in [1.165, 1.54) is 0 Å². The average Bonchev–Trinajstić information content (AvgIpc) is 2.87. The lowest BCUT2D eigenvalue weighted by Gasteiger charge is -2.31. The Kier molecular flexibility index (Phi) is 7.84. The maximum atomic E-state index is 13.7. The number of ether oxygens (including phenoxy) is 2. The number of anilines is 1. The first-order valence-corrected chi connectivity index (χ1v) is 11.2. The third kappa shape index (κ3) is 6.07. The summed E-state index contributed by atoms with van der Waals surface area (Å²) in [5.74, 6) is -1.15. The fraction of sp³-hybridized carbons (Fsp3) is 0.400. The number of rotatable bonds is 5. The van der Waals surface area contributed by atoms with Gasteiger partial charge in [0.05, 0.1) is 13.5 Å². The number of nitrogens with zero attached hydrogens (tertiary/aromatic N) is 1. The van der Waals surface area contributed by atoms with Crippen molar-refractivity contribution in [3.8, 4) is 5.75 Å². The number of nitrogens with one attached hydrogen (secondary N) is 1. The van der Waals surface area contributed by atoms with Crippen LogP contribution < -0.4 is 15.1 Å². The van der Waals surface area contributed by atoms with Gasteiger partial charge in [0.2, 0.25) is 0 Å². The predicted molar refractivity (Wildman–Crippen MR) is 127 cm³/mol. The van der Waals surface area contributed by atoms with Gasteiger partial charge < -0.3 is 19.2 Å². The van der Waals surface area contributed by atoms with Crippen LogP contribution in [0.2, 0.25) is 5.02 Å². The Labute approximate surface area is 204 Å². The number of methoxy groups -OCH3 is 1. The van der Waals surface area contributed by atoms with Crippen LogP contribution in [0.4, 0.5) is 5.69 Å². The van der Waals surface area contributed by atoms with Crippen molar-refractivity contribution in [2.45, 2.75) is 46.3 Å². The van der Waals surface area contributed by atoms with E-state index in [0.29, 0.717) is 34.1 Å². The number of para-hydroxylation sites is 1. The van der Waals surface area contributed by atoms with Crippen LogP contribution in [-0.2, 0) is 24.0 Å². The van der Waals surface area contributed by atoms with Gasteiger partial charge in [0.15, 0.2) is 0 Å². The normalized spacial score (nSPS) is 18.1. The van der Waals surface area contributed by atoms with Crippen LogP contribution in [0.1, 0.15) is 51.3 Å². The first-order valence-electron chi connectivity index (χ1n) is 10.9. The summed E-state index contributed by atoms with van der Waals surface area (Å²) in [7, 11) is 1.55. The Morgan fingerprint density at radius 2 is 1.85 bits per heavy atom. The summed E-state index contributed by atoms with van der Waals surface area (Å²) in [5, 5.41) is 0.483. The Balaban J connectivity index is 2.13. The van der Waals surface area contributed by atoms with Gasteiger partial charge in [0.25, 0.3) is 11.8 Å². The van der Waals surface area contributed by atoms with E-state index in [4.69, 9.17) is 21.1 Å². The average molecular weight is 489 g/mol. The van der Waals surface area contributed by atoms with Crippen molar-refractivity contribution in [2.75, 3.05) is 18.6 Å². The molecule has 2 aromatic rings. The second-order valence-corrected chi connectivity index (χ2v) is 9.69. The van der Waals surface area contributed by atoms with E-state index in [2.05, 4.69) is 10.3 Å². The van der Waals surface area contributed by atoms with E-state index in [1.54, 1.807) is 36.3 Å². The molecule has 2 unspecified atom stereocenters. The van der Waals surface area contributed by atoms with Crippen LogP contribution in [0, 0.1) is 5.41 Å². The van der Waals surface area contributed by atoms with Crippen LogP contribution >= 0.6 is 11.6 Å². The van der Waals surface area contributed by atoms with Crippen molar-refractivity contribution in [3.05, 3.63) is 58.6 Å². The lowest BCUT2D eigenvalue weighted by Crippen LogP contribution is -2.45. The van der Waals surface area contributed by atoms with Gasteiger partial charge in [0, 0.05) is 35.3 Å². The number of fused-ring (bicyclic) bond motifs is 1. The molecule has 0 fully saturated rings. The first kappa shape index (κ1) is 25.5. The minimum absolute atomic E-state index is 0.249. The molecule has 0 saturated heterocycles. The molecule has 1 N–H and O–H groups in total. The second-order valence-electron chi connectivity index (χ2n) is 9.26. The van der Waals surface area contributed by atoms with Crippen LogP contribution in [0.15, 0.2) is 42.5 Å². The number of benzene rings is 2. The number of hydroxylamine groups is 1. The summed E-state index contributed by atoms with van der Waals surface area (Å²) < 4.78 is 11.9. The van der Waals surface area contributed by atoms with Crippen molar-refractivity contribution < 1.29 is 28.7 Å². The number of hydrogen-bond donors (Lipinski definition) is 1. The molecule has 9 heteroatoms. The van der Waals surface area contributed by atoms with Crippen molar-refractivity contribution in [1.82, 2.24) is 5.48 Å². The van der Waals surface area contributed by atoms with Crippen LogP contribution in [0.25, 0.3) is 0 Å². The summed E-state index contributed by atoms with van der Waals surface area (Å²) >= 11 is 6.36. The highest BCUT2D eigenvalue weighted by Gasteiger charge is 2.39. The van der Waals surface area contributed by atoms with Gasteiger partial charge in [-0.15, -0.1) is 0 Å². The van der Waals surface area contributed by atoms with Crippen LogP contribution in [-0.4, -0.2) is 37.5 Å². The van der Waals surface area contributed by atoms with Gasteiger partial charge in [-0.2, -0.15) is 5.48 Å². The standard InChI is InChI=1S/C25H29ClN2O6/c1-15(29)34-27-22(30)13-21-24(31)28(14-25(2,3)4)19-11-10-16(26)12-18(19)23(33-21)17-8-6-7-9-20(17)32-5/h6-12,21,23H,13-14H2,1-5H3,(H,27,30). The van der Waals surface area contributed by atoms with Crippen molar-refractivity contribution in [2.24, 2.45) is 5.41 Å². The minimum atomic E-state index is -1.15. The number of halogens is 1. The molecule has 2 atom stereocenters. The molecule has 0 aliphatic carbocycles. The van der Waals surface area contributed by atoms with E-state index < -0.39 is 24.1 Å². The van der Waals surface area contributed by atoms with Crippen molar-refractivity contribution >= 4 is 35.1 Å². The summed E-state index contributed by atoms with van der Waals surface area (Å²) in [5.41, 5.74) is 3.81. The van der Waals surface area contributed by atoms with Crippen LogP contribution in [0.5, 0.6) is 5.75 Å². The van der Waals surface area contributed by atoms with E-state index in [9.17, 15) is 14.4 Å². The molecule has 0 saturated carbocycles. The third-order valence-corrected chi connectivity index (χ3v) is 5.37. The molecule has 34 heavy (non-hydrogen) atoms. The zero-order valence-electron chi connectivity index (χ0n) is 19.9. The SMILES string of the molecule is COc1ccccc1C1OC(CC(=O)NOC(C)=O)C(=O)N(CC(C)(C)C)c2ccc(Cl)cc21. The number of carbonyl (C=O) groups excluding carboxylic acids is 3. The highest BCUT2D eigenvalue weighted by atomic mass is 35.5. The maximum absolute atomic E-state index is 13.7. The van der Waals surface area contributed by atoms with Gasteiger partial charge in [-0.05, 0) is 29.7 Å². The topological polar surface area (TPSA) is 94.2 Å². The van der Waals surface area contributed by atoms with Crippen molar-refractivity contribution in [3.63, 3.8) is 0 Å². The second kappa shape index (κ2) is 10.4. The van der Waals surface area contributed by atoms with E-state index in [-0.39, 0.29) is 17.7 Å². The highest BCUT2D eigenvalue weighted by Crippen LogP contribution is 2.43. The van der Waals surface area contributed by atoms with Crippen molar-refractivity contribution in [1.29, 1.82) is 0 Å². The number of amides is 2. The first-order chi connectivity index (χ1) is 16.0. The fourth-order valence-corrected chi connectivity index (χ4v) is 3.99. The summed E-state index contributed by atoms with van der Waals surface area (Å²) in [6, 6.07) is 12.6. The molecule has 182 valence electrons. The quantitative estimate of drug-likeness (QED) is 0.634. The maximum Gasteiger partial charge on any atom is 0.329 e. The molecule has 3 rings (SSSR count). The monoisotopic (exact) mass is 488 g/mol. The third-order valence-electron chi connectivity index (χ3n) is 5.14. The van der Waals surface area contributed by atoms with Gasteiger partial charge in [-0.1, -0.05) is 50.6 Å². The smallest absolute Gasteiger partial charge is 0.329 e. The largest absolute Gasteiger partial charge is 0.496 e. The lowest BCUT2D eigenvalue weighted by molar-refractivity contribution is -0.158. The molecule has 8 nitrogen and oxygen atoms in total. The molecule has 0 bridgehead atoms. The zero-order valence-corrected chi connectivity index (χ0v) is 20.6. The number of carbonyl (C=O) groups is 3. The summed E-state index contributed by atoms with van der Waals surface area (Å²) in [4.78, 5) is 43.5. The molecule has 1 heterocycles. The highest BCUT2D eigenvalue weighted by molar-refractivity contribution is 6.30. The van der Waals surface area contributed by atoms with E-state index >= 15 is 0 Å². The Morgan fingerprint density at radius 3 is 2.50 bits per heavy atom. The van der Waals surface area contributed by atoms with Crippen LogP contribution in [0.3, 0.4) is 0 Å². The number of hydrogen-bond acceptors (Lipinski definition) is 6. The zero-order chi connectivity index (χ0) is 25.0. The molecule has 0 radical (unpaired) electrons. The van der Waals surface area contributed by atoms with E-state index in [0.717, 1.165) is 6.92 Å². The molecular formula is C25H29ClN2O6. The Bertz CT molecular complexity index is 1080. The van der Waals surface area contributed by atoms with Gasteiger partial charge in [-0.3, -0.25) is 14.4 Å². The van der Waals surface area contributed by atoms with Gasteiger partial charge in [-0.25, -0.2) is 0 Å². The van der Waals surface area contributed by atoms with E-state index in [1.807, 2.05) is 39.0 Å². The molecule has 2 amide bonds. The lowest BCUT2D eigenvalue weighted by atomic mass is 9.94. The molecular weight excluding hydrogens is 460 g/mol. The molecule has 2 aromatic carbocycles. The Hall–Kier alpha value is -3.10. The Morgan fingerprint density at radius 1 is 1.15 bits per heavy atom. The predicted octanol–water partition coefficient (Wildman–Crippen LogP) is 4.20. The molecule has 1 aliphatic rings. The fourth-order valence-electron chi connectivity index (χ4n) is 3.81. The molecule has 1 aliphatic heterocycles. The molecule has 0 aromatic heterocycles. The van der Waals surface area contributed by atoms with Gasteiger partial charge >= 0.3 is 5.97 Å². The minimum Gasteiger partial charge on any atom is -0.496 e. The van der Waals surface area contributed by atoms with Gasteiger partial charge in [0.1, 0.15) is 18.0 Å². The molecule has 0 spiro atoms. The summed E-state index contributed by atoms with van der Waals surface area (Å²) in [6.07, 6.45) is -2.25. The summed E-state index contributed by atoms with van der Waals surface area (Å²) in [6.45, 7) is 7.59.